The molecular formula is C11H26O7Si. The molecule has 1 atom stereocenters. The van der Waals surface area contributed by atoms with Crippen molar-refractivity contribution in [2.45, 2.75) is 31.9 Å². The summed E-state index contributed by atoms with van der Waals surface area (Å²) in [6.45, 7) is 4.05. The molecule has 1 unspecified atom stereocenters. The number of rotatable bonds is 12. The van der Waals surface area contributed by atoms with Crippen molar-refractivity contribution >= 4 is 8.80 Å². The molecule has 0 bridgehead atoms. The fraction of sp³-hybridized carbons (Fsp3) is 1.00. The number of hydrogen-bond acceptors (Lipinski definition) is 7. The molecule has 0 aliphatic carbocycles. The van der Waals surface area contributed by atoms with E-state index in [1.165, 1.54) is 0 Å². The van der Waals surface area contributed by atoms with Crippen LogP contribution >= 0.6 is 0 Å². The van der Waals surface area contributed by atoms with Gasteiger partial charge in [-0.1, -0.05) is 13.8 Å². The third-order valence-corrected chi connectivity index (χ3v) is 4.63. The lowest BCUT2D eigenvalue weighted by Gasteiger charge is -2.21. The standard InChI is InChI=1S/C11H26O7Si/c1-10(2)19(14,15)18-8-7-16-9-11(3-4-12)17-6-5-13/h10-15H,3-9H2,1-2H3. The first-order chi connectivity index (χ1) is 8.94. The van der Waals surface area contributed by atoms with E-state index >= 15 is 0 Å². The topological polar surface area (TPSA) is 109 Å². The van der Waals surface area contributed by atoms with Gasteiger partial charge in [0.1, 0.15) is 0 Å². The molecule has 19 heavy (non-hydrogen) atoms. The zero-order valence-electron chi connectivity index (χ0n) is 11.6. The Balaban J connectivity index is 3.70. The maximum Gasteiger partial charge on any atom is 0.498 e. The van der Waals surface area contributed by atoms with Gasteiger partial charge in [-0.15, -0.1) is 0 Å². The van der Waals surface area contributed by atoms with Crippen LogP contribution in [0.25, 0.3) is 0 Å². The Morgan fingerprint density at radius 2 is 1.68 bits per heavy atom. The SMILES string of the molecule is CC(C)[Si](O)(O)OCCOCC(CCO)OCCO. The summed E-state index contributed by atoms with van der Waals surface area (Å²) in [5, 5.41) is 17.5. The van der Waals surface area contributed by atoms with Gasteiger partial charge in [-0.25, -0.2) is 0 Å². The first-order valence-corrected chi connectivity index (χ1v) is 8.31. The van der Waals surface area contributed by atoms with E-state index in [0.29, 0.717) is 6.42 Å². The molecule has 0 saturated carbocycles. The molecule has 8 heteroatoms. The summed E-state index contributed by atoms with van der Waals surface area (Å²) in [5.41, 5.74) is -0.303. The summed E-state index contributed by atoms with van der Waals surface area (Å²) in [6, 6.07) is 0. The third-order valence-electron chi connectivity index (χ3n) is 2.49. The highest BCUT2D eigenvalue weighted by Gasteiger charge is 2.36. The molecule has 0 aliphatic rings. The maximum absolute atomic E-state index is 9.53. The van der Waals surface area contributed by atoms with Crippen LogP contribution in [-0.4, -0.2) is 74.4 Å². The lowest BCUT2D eigenvalue weighted by molar-refractivity contribution is -0.0437. The van der Waals surface area contributed by atoms with E-state index in [0.717, 1.165) is 0 Å². The minimum Gasteiger partial charge on any atom is -0.396 e. The van der Waals surface area contributed by atoms with E-state index < -0.39 is 8.80 Å². The normalized spacial score (nSPS) is 14.1. The second kappa shape index (κ2) is 10.7. The van der Waals surface area contributed by atoms with Crippen LogP contribution in [0.2, 0.25) is 5.54 Å². The predicted octanol–water partition coefficient (Wildman–Crippen LogP) is -0.887. The van der Waals surface area contributed by atoms with Crippen molar-refractivity contribution in [2.24, 2.45) is 0 Å². The molecule has 0 rings (SSSR count). The summed E-state index contributed by atoms with van der Waals surface area (Å²) >= 11 is 0. The molecule has 4 N–H and O–H groups in total. The van der Waals surface area contributed by atoms with Crippen molar-refractivity contribution < 1.29 is 33.7 Å². The van der Waals surface area contributed by atoms with Crippen LogP contribution in [0.1, 0.15) is 20.3 Å². The Hall–Kier alpha value is -0.0631. The van der Waals surface area contributed by atoms with Crippen LogP contribution in [-0.2, 0) is 13.9 Å². The van der Waals surface area contributed by atoms with E-state index in [1.807, 2.05) is 0 Å². The van der Waals surface area contributed by atoms with E-state index in [9.17, 15) is 9.59 Å². The van der Waals surface area contributed by atoms with E-state index in [2.05, 4.69) is 0 Å². The van der Waals surface area contributed by atoms with Crippen molar-refractivity contribution in [3.8, 4) is 0 Å². The van der Waals surface area contributed by atoms with Crippen LogP contribution < -0.4 is 0 Å². The minimum absolute atomic E-state index is 0.0212. The zero-order valence-corrected chi connectivity index (χ0v) is 12.6. The minimum atomic E-state index is -3.58. The van der Waals surface area contributed by atoms with Crippen LogP contribution in [0.3, 0.4) is 0 Å². The van der Waals surface area contributed by atoms with Gasteiger partial charge in [0.25, 0.3) is 0 Å². The number of aliphatic hydroxyl groups is 2. The van der Waals surface area contributed by atoms with Crippen LogP contribution in [0.4, 0.5) is 0 Å². The van der Waals surface area contributed by atoms with Gasteiger partial charge >= 0.3 is 8.80 Å². The van der Waals surface area contributed by atoms with Gasteiger partial charge in [-0.3, -0.25) is 0 Å². The van der Waals surface area contributed by atoms with E-state index in [4.69, 9.17) is 24.1 Å². The van der Waals surface area contributed by atoms with Gasteiger partial charge in [-0.2, -0.15) is 0 Å². The van der Waals surface area contributed by atoms with Gasteiger partial charge < -0.3 is 33.7 Å². The van der Waals surface area contributed by atoms with Crippen molar-refractivity contribution in [2.75, 3.05) is 39.6 Å². The van der Waals surface area contributed by atoms with Gasteiger partial charge in [-0.05, 0) is 6.42 Å². The van der Waals surface area contributed by atoms with E-state index in [-0.39, 0.29) is 51.3 Å². The van der Waals surface area contributed by atoms with Gasteiger partial charge in [0.15, 0.2) is 0 Å². The molecular weight excluding hydrogens is 272 g/mol. The van der Waals surface area contributed by atoms with Crippen molar-refractivity contribution in [3.05, 3.63) is 0 Å². The highest BCUT2D eigenvalue weighted by molar-refractivity contribution is 6.59. The number of aliphatic hydroxyl groups excluding tert-OH is 2. The van der Waals surface area contributed by atoms with Crippen molar-refractivity contribution in [1.29, 1.82) is 0 Å². The molecule has 0 amide bonds. The van der Waals surface area contributed by atoms with Crippen LogP contribution in [0.15, 0.2) is 0 Å². The summed E-state index contributed by atoms with van der Waals surface area (Å²) < 4.78 is 15.5. The zero-order chi connectivity index (χ0) is 14.7. The lowest BCUT2D eigenvalue weighted by Crippen LogP contribution is -2.43. The second-order valence-corrected chi connectivity index (χ2v) is 7.23. The Bertz CT molecular complexity index is 213. The maximum atomic E-state index is 9.53. The van der Waals surface area contributed by atoms with Gasteiger partial charge in [0, 0.05) is 12.1 Å². The summed E-state index contributed by atoms with van der Waals surface area (Å²) in [7, 11) is -3.58. The first-order valence-electron chi connectivity index (χ1n) is 6.43. The highest BCUT2D eigenvalue weighted by atomic mass is 28.4. The highest BCUT2D eigenvalue weighted by Crippen LogP contribution is 2.15. The largest absolute Gasteiger partial charge is 0.498 e. The van der Waals surface area contributed by atoms with Gasteiger partial charge in [0.2, 0.25) is 0 Å². The summed E-state index contributed by atoms with van der Waals surface area (Å²) in [4.78, 5) is 19.1. The molecule has 116 valence electrons. The number of hydrogen-bond donors (Lipinski definition) is 4. The Labute approximate surface area is 115 Å². The molecule has 0 radical (unpaired) electrons. The molecule has 0 heterocycles. The number of ether oxygens (including phenoxy) is 2. The predicted molar refractivity (Wildman–Crippen MR) is 70.6 cm³/mol. The molecule has 0 aromatic rings. The van der Waals surface area contributed by atoms with Crippen LogP contribution in [0.5, 0.6) is 0 Å². The average Bonchev–Trinajstić information content (AvgIpc) is 2.35. The van der Waals surface area contributed by atoms with Crippen molar-refractivity contribution in [3.63, 3.8) is 0 Å². The second-order valence-electron chi connectivity index (χ2n) is 4.47. The molecule has 0 aliphatic heterocycles. The summed E-state index contributed by atoms with van der Waals surface area (Å²) in [5.74, 6) is 0. The molecule has 7 nitrogen and oxygen atoms in total. The van der Waals surface area contributed by atoms with Gasteiger partial charge in [0.05, 0.1) is 39.1 Å². The monoisotopic (exact) mass is 298 g/mol. The molecule has 0 spiro atoms. The Kier molecular flexibility index (Phi) is 10.7. The lowest BCUT2D eigenvalue weighted by atomic mass is 10.3. The fourth-order valence-electron chi connectivity index (χ4n) is 1.21. The first kappa shape index (κ1) is 18.9. The quantitative estimate of drug-likeness (QED) is 0.273. The molecule has 0 saturated heterocycles. The third kappa shape index (κ3) is 9.47. The molecule has 0 aromatic heterocycles. The Morgan fingerprint density at radius 1 is 1.00 bits per heavy atom. The molecule has 0 fully saturated rings. The van der Waals surface area contributed by atoms with Crippen molar-refractivity contribution in [1.82, 2.24) is 0 Å². The smallest absolute Gasteiger partial charge is 0.396 e. The summed E-state index contributed by atoms with van der Waals surface area (Å²) in [6.07, 6.45) is 0.137. The molecule has 0 aromatic carbocycles. The average molecular weight is 298 g/mol. The fourth-order valence-corrected chi connectivity index (χ4v) is 1.93. The van der Waals surface area contributed by atoms with E-state index in [1.54, 1.807) is 13.8 Å². The Morgan fingerprint density at radius 3 is 2.21 bits per heavy atom. The van der Waals surface area contributed by atoms with Crippen LogP contribution in [0, 0.1) is 0 Å².